The van der Waals surface area contributed by atoms with Gasteiger partial charge in [0, 0.05) is 12.3 Å². The van der Waals surface area contributed by atoms with Crippen LogP contribution >= 0.6 is 0 Å². The Kier molecular flexibility index (Phi) is 4.10. The molecule has 24 heavy (non-hydrogen) atoms. The molecule has 2 aliphatic rings. The predicted octanol–water partition coefficient (Wildman–Crippen LogP) is 6.10. The maximum atomic E-state index is 12.5. The van der Waals surface area contributed by atoms with Crippen LogP contribution in [0.2, 0.25) is 0 Å². The molecule has 1 aromatic rings. The van der Waals surface area contributed by atoms with Gasteiger partial charge in [-0.25, -0.2) is 0 Å². The number of ketones is 1. The summed E-state index contributed by atoms with van der Waals surface area (Å²) < 4.78 is 0. The number of allylic oxidation sites excluding steroid dienone is 4. The van der Waals surface area contributed by atoms with Crippen molar-refractivity contribution < 1.29 is 4.79 Å². The highest BCUT2D eigenvalue weighted by Crippen LogP contribution is 2.47. The number of carbonyl (C=O) groups is 1. The third-order valence-corrected chi connectivity index (χ3v) is 5.61. The summed E-state index contributed by atoms with van der Waals surface area (Å²) in [5.74, 6) is 0.645. The number of hydrogen-bond acceptors (Lipinski definition) is 1. The summed E-state index contributed by atoms with van der Waals surface area (Å²) in [4.78, 5) is 12.5. The molecular weight excluding hydrogens is 292 g/mol. The lowest BCUT2D eigenvalue weighted by Gasteiger charge is -2.29. The molecule has 0 aromatic heterocycles. The van der Waals surface area contributed by atoms with Crippen LogP contribution in [0.3, 0.4) is 0 Å². The van der Waals surface area contributed by atoms with Crippen LogP contribution < -0.4 is 0 Å². The molecule has 128 valence electrons. The fourth-order valence-electron chi connectivity index (χ4n) is 3.90. The molecular formula is C23H30O. The molecule has 1 atom stereocenters. The first-order valence-electron chi connectivity index (χ1n) is 9.12. The monoisotopic (exact) mass is 322 g/mol. The largest absolute Gasteiger partial charge is 0.295 e. The number of hydrogen-bond donors (Lipinski definition) is 0. The third-order valence-electron chi connectivity index (χ3n) is 5.61. The van der Waals surface area contributed by atoms with Gasteiger partial charge in [0.05, 0.1) is 0 Å². The molecule has 1 aromatic carbocycles. The molecule has 1 nitrogen and oxygen atoms in total. The van der Waals surface area contributed by atoms with E-state index < -0.39 is 0 Å². The second kappa shape index (κ2) is 5.72. The highest BCUT2D eigenvalue weighted by molar-refractivity contribution is 6.00. The number of benzene rings is 1. The molecule has 0 radical (unpaired) electrons. The quantitative estimate of drug-likeness (QED) is 0.571. The average Bonchev–Trinajstić information content (AvgIpc) is 2.82. The summed E-state index contributed by atoms with van der Waals surface area (Å²) in [5.41, 5.74) is 6.96. The zero-order valence-electron chi connectivity index (χ0n) is 16.0. The summed E-state index contributed by atoms with van der Waals surface area (Å²) >= 11 is 0. The van der Waals surface area contributed by atoms with E-state index in [1.165, 1.54) is 22.3 Å². The van der Waals surface area contributed by atoms with Crippen molar-refractivity contribution in [2.75, 3.05) is 0 Å². The zero-order valence-corrected chi connectivity index (χ0v) is 16.0. The molecule has 0 N–H and O–H groups in total. The van der Waals surface area contributed by atoms with Gasteiger partial charge in [-0.15, -0.1) is 0 Å². The van der Waals surface area contributed by atoms with Crippen LogP contribution in [-0.2, 0) is 10.2 Å². The summed E-state index contributed by atoms with van der Waals surface area (Å²) in [5, 5.41) is 0. The van der Waals surface area contributed by atoms with Gasteiger partial charge in [0.1, 0.15) is 0 Å². The van der Waals surface area contributed by atoms with Crippen LogP contribution in [0, 0.1) is 5.41 Å². The van der Waals surface area contributed by atoms with E-state index in [1.807, 2.05) is 0 Å². The Morgan fingerprint density at radius 2 is 1.54 bits per heavy atom. The van der Waals surface area contributed by atoms with Crippen LogP contribution in [0.15, 0.2) is 47.1 Å². The standard InChI is InChI=1S/C23H30O/c1-22(2,3)16-9-7-15(8-10-16)19-14-21(24)18-12-11-17(13-20(18)19)23(4,5)6/h7-11,19H,12-14H2,1-6H3. The first kappa shape index (κ1) is 17.2. The zero-order chi connectivity index (χ0) is 17.7. The lowest BCUT2D eigenvalue weighted by molar-refractivity contribution is -0.115. The van der Waals surface area contributed by atoms with Gasteiger partial charge in [-0.05, 0) is 40.4 Å². The predicted molar refractivity (Wildman–Crippen MR) is 101 cm³/mol. The summed E-state index contributed by atoms with van der Waals surface area (Å²) in [6.45, 7) is 13.5. The maximum absolute atomic E-state index is 12.5. The first-order chi connectivity index (χ1) is 11.1. The van der Waals surface area contributed by atoms with Crippen molar-refractivity contribution in [1.82, 2.24) is 0 Å². The van der Waals surface area contributed by atoms with Crippen molar-refractivity contribution in [3.8, 4) is 0 Å². The highest BCUT2D eigenvalue weighted by atomic mass is 16.1. The molecule has 0 fully saturated rings. The molecule has 0 heterocycles. The van der Waals surface area contributed by atoms with E-state index in [9.17, 15) is 4.79 Å². The Hall–Kier alpha value is -1.63. The van der Waals surface area contributed by atoms with E-state index in [0.717, 1.165) is 18.4 Å². The topological polar surface area (TPSA) is 17.1 Å². The lowest BCUT2D eigenvalue weighted by Crippen LogP contribution is -2.15. The first-order valence-corrected chi connectivity index (χ1v) is 9.12. The smallest absolute Gasteiger partial charge is 0.160 e. The molecule has 2 aliphatic carbocycles. The molecule has 0 amide bonds. The van der Waals surface area contributed by atoms with Gasteiger partial charge in [-0.1, -0.05) is 83.0 Å². The van der Waals surface area contributed by atoms with Crippen LogP contribution in [0.5, 0.6) is 0 Å². The van der Waals surface area contributed by atoms with E-state index in [0.29, 0.717) is 12.2 Å². The van der Waals surface area contributed by atoms with E-state index >= 15 is 0 Å². The van der Waals surface area contributed by atoms with Crippen LogP contribution in [0.1, 0.15) is 77.8 Å². The summed E-state index contributed by atoms with van der Waals surface area (Å²) in [6.07, 6.45) is 4.75. The van der Waals surface area contributed by atoms with Gasteiger partial charge in [-0.3, -0.25) is 4.79 Å². The second-order valence-electron chi connectivity index (χ2n) is 9.42. The molecule has 3 rings (SSSR count). The van der Waals surface area contributed by atoms with Crippen LogP contribution in [0.25, 0.3) is 0 Å². The van der Waals surface area contributed by atoms with Crippen molar-refractivity contribution in [2.24, 2.45) is 5.41 Å². The molecule has 1 heteroatoms. The fourth-order valence-corrected chi connectivity index (χ4v) is 3.90. The SMILES string of the molecule is CC(C)(C)C1=CCC2=C(C1)C(c1ccc(C(C)(C)C)cc1)CC2=O. The number of Topliss-reactive ketones (excluding diaryl/α,β-unsaturated/α-hetero) is 1. The highest BCUT2D eigenvalue weighted by Gasteiger charge is 2.36. The van der Waals surface area contributed by atoms with Crippen molar-refractivity contribution >= 4 is 5.78 Å². The Morgan fingerprint density at radius 1 is 0.917 bits per heavy atom. The van der Waals surface area contributed by atoms with Crippen LogP contribution in [-0.4, -0.2) is 5.78 Å². The van der Waals surface area contributed by atoms with E-state index in [4.69, 9.17) is 0 Å². The molecule has 0 aliphatic heterocycles. The Labute approximate surface area is 146 Å². The van der Waals surface area contributed by atoms with E-state index in [1.54, 1.807) is 0 Å². The summed E-state index contributed by atoms with van der Waals surface area (Å²) in [6, 6.07) is 8.95. The minimum atomic E-state index is 0.168. The van der Waals surface area contributed by atoms with Gasteiger partial charge >= 0.3 is 0 Å². The van der Waals surface area contributed by atoms with Crippen molar-refractivity contribution in [3.05, 3.63) is 58.2 Å². The molecule has 0 saturated carbocycles. The normalized spacial score (nSPS) is 21.8. The van der Waals surface area contributed by atoms with E-state index in [2.05, 4.69) is 71.9 Å². The van der Waals surface area contributed by atoms with Crippen LogP contribution in [0.4, 0.5) is 0 Å². The van der Waals surface area contributed by atoms with Gasteiger partial charge in [-0.2, -0.15) is 0 Å². The third kappa shape index (κ3) is 3.14. The minimum absolute atomic E-state index is 0.168. The maximum Gasteiger partial charge on any atom is 0.160 e. The van der Waals surface area contributed by atoms with E-state index in [-0.39, 0.29) is 16.7 Å². The Morgan fingerprint density at radius 3 is 2.08 bits per heavy atom. The molecule has 1 unspecified atom stereocenters. The van der Waals surface area contributed by atoms with Gasteiger partial charge in [0.25, 0.3) is 0 Å². The molecule has 0 saturated heterocycles. The second-order valence-corrected chi connectivity index (χ2v) is 9.42. The van der Waals surface area contributed by atoms with Crippen molar-refractivity contribution in [3.63, 3.8) is 0 Å². The van der Waals surface area contributed by atoms with Gasteiger partial charge in [0.15, 0.2) is 5.78 Å². The van der Waals surface area contributed by atoms with Crippen molar-refractivity contribution in [2.45, 2.75) is 72.1 Å². The number of carbonyl (C=O) groups excluding carboxylic acids is 1. The Balaban J connectivity index is 1.90. The minimum Gasteiger partial charge on any atom is -0.295 e. The fraction of sp³-hybridized carbons (Fsp3) is 0.522. The molecule has 0 bridgehead atoms. The Bertz CT molecular complexity index is 715. The molecule has 0 spiro atoms. The van der Waals surface area contributed by atoms with Gasteiger partial charge < -0.3 is 0 Å². The lowest BCUT2D eigenvalue weighted by atomic mass is 9.76. The average molecular weight is 322 g/mol. The van der Waals surface area contributed by atoms with Crippen molar-refractivity contribution in [1.29, 1.82) is 0 Å². The summed E-state index contributed by atoms with van der Waals surface area (Å²) in [7, 11) is 0. The van der Waals surface area contributed by atoms with Gasteiger partial charge in [0.2, 0.25) is 0 Å². The number of rotatable bonds is 1.